The fraction of sp³-hybridized carbons (Fsp3) is 0. The number of benzene rings is 18. The monoisotopic (exact) mass is 1790 g/mol. The van der Waals surface area contributed by atoms with Crippen molar-refractivity contribution >= 4 is 298 Å². The fourth-order valence-electron chi connectivity index (χ4n) is 21.0. The Morgan fingerprint density at radius 1 is 0.227 bits per heavy atom. The van der Waals surface area contributed by atoms with Gasteiger partial charge in [-0.15, -0.1) is 68.0 Å². The largest absolute Gasteiger partial charge is 0.456 e. The van der Waals surface area contributed by atoms with E-state index in [2.05, 4.69) is 389 Å². The predicted octanol–water partition coefficient (Wildman–Crippen LogP) is 35.3. The maximum absolute atomic E-state index is 6.45. The normalized spacial score (nSPS) is 12.2. The van der Waals surface area contributed by atoms with Crippen LogP contribution in [0.5, 0.6) is 0 Å². The van der Waals surface area contributed by atoms with Crippen molar-refractivity contribution in [1.82, 2.24) is 33.6 Å². The molecule has 0 fully saturated rings. The Labute approximate surface area is 775 Å². The highest BCUT2D eigenvalue weighted by molar-refractivity contribution is 7.38. The molecule has 0 aliphatic heterocycles. The van der Waals surface area contributed by atoms with Gasteiger partial charge >= 0.3 is 0 Å². The molecule has 0 radical (unpaired) electrons. The Bertz CT molecular complexity index is 10300. The summed E-state index contributed by atoms with van der Waals surface area (Å²) in [5, 5.41) is 27.6. The van der Waals surface area contributed by atoms with Crippen LogP contribution in [0.3, 0.4) is 0 Å². The highest BCUT2D eigenvalue weighted by atomic mass is 32.1. The highest BCUT2D eigenvalue weighted by Crippen LogP contribution is 2.56. The molecular formula is C118H65N7OS6. The lowest BCUT2D eigenvalue weighted by Gasteiger charge is -2.19. The summed E-state index contributed by atoms with van der Waals surface area (Å²) in [4.78, 5) is 20.4. The molecule has 0 bridgehead atoms. The number of aromatic nitrogens is 7. The Morgan fingerprint density at radius 3 is 1.14 bits per heavy atom. The Morgan fingerprint density at radius 2 is 0.621 bits per heavy atom. The van der Waals surface area contributed by atoms with Gasteiger partial charge in [0.2, 0.25) is 5.95 Å². The zero-order chi connectivity index (χ0) is 86.1. The van der Waals surface area contributed by atoms with E-state index in [9.17, 15) is 0 Å². The fourth-order valence-corrected chi connectivity index (χ4v) is 29.4. The van der Waals surface area contributed by atoms with E-state index in [1.54, 1.807) is 0 Å². The molecule has 0 unspecified atom stereocenters. The summed E-state index contributed by atoms with van der Waals surface area (Å²) >= 11 is 11.5. The Balaban J connectivity index is 0.0000000991. The first-order valence-electron chi connectivity index (χ1n) is 44.2. The van der Waals surface area contributed by atoms with Gasteiger partial charge in [-0.25, -0.2) is 15.0 Å². The van der Waals surface area contributed by atoms with E-state index < -0.39 is 0 Å². The van der Waals surface area contributed by atoms with Crippen LogP contribution < -0.4 is 0 Å². The van der Waals surface area contributed by atoms with Crippen molar-refractivity contribution in [3.8, 4) is 51.1 Å². The first kappa shape index (κ1) is 74.3. The second kappa shape index (κ2) is 28.9. The minimum Gasteiger partial charge on any atom is -0.456 e. The molecule has 8 nitrogen and oxygen atoms in total. The molecule has 0 atom stereocenters. The van der Waals surface area contributed by atoms with Crippen molar-refractivity contribution in [2.24, 2.45) is 0 Å². The summed E-state index contributed by atoms with van der Waals surface area (Å²) in [6, 6.07) is 140. The van der Waals surface area contributed by atoms with Crippen LogP contribution in [0.4, 0.5) is 0 Å². The molecule has 31 rings (SSSR count). The molecule has 0 N–H and O–H groups in total. The number of hydrogen-bond acceptors (Lipinski definition) is 11. The van der Waals surface area contributed by atoms with Crippen LogP contribution in [0.1, 0.15) is 0 Å². The van der Waals surface area contributed by atoms with Gasteiger partial charge in [-0.3, -0.25) is 14.1 Å². The SMILES string of the molecule is c1ccc(-c2cc(-c3ccccc3)nc(-n3c4ccccc4c4sc5c(sc6ccc7ccccc7c65)c43)n2)cc1.c1ccc2c(c1)ccc1sc3c(sc4c5ccccc5n(-c5ccc6ccc7cccnc7c6n5)c43)c12.c1ccc2cc3c(cc2c1)oc1ccc(-c2c4ccccc4c(-n4c5ccccc5c5sc6c(sc7ccc8ccccc8c76)c54)c4ccccc24)cc13. The van der Waals surface area contributed by atoms with E-state index in [1.807, 2.05) is 92.4 Å². The van der Waals surface area contributed by atoms with Gasteiger partial charge in [0.1, 0.15) is 17.0 Å². The van der Waals surface area contributed by atoms with Crippen molar-refractivity contribution in [3.05, 3.63) is 394 Å². The van der Waals surface area contributed by atoms with Crippen molar-refractivity contribution in [3.63, 3.8) is 0 Å². The lowest BCUT2D eigenvalue weighted by atomic mass is 9.90. The van der Waals surface area contributed by atoms with Gasteiger partial charge in [0, 0.05) is 96.1 Å². The third kappa shape index (κ3) is 11.1. The molecular weight excluding hydrogens is 1720 g/mol. The van der Waals surface area contributed by atoms with E-state index in [4.69, 9.17) is 19.4 Å². The number of fused-ring (bicyclic) bond motifs is 36. The zero-order valence-corrected chi connectivity index (χ0v) is 74.9. The van der Waals surface area contributed by atoms with E-state index in [0.717, 1.165) is 77.6 Å². The molecule has 31 aromatic rings. The minimum absolute atomic E-state index is 0.693. The first-order chi connectivity index (χ1) is 65.5. The molecule has 614 valence electrons. The smallest absolute Gasteiger partial charge is 0.235 e. The van der Waals surface area contributed by atoms with Gasteiger partial charge in [0.15, 0.2) is 0 Å². The second-order valence-corrected chi connectivity index (χ2v) is 40.3. The van der Waals surface area contributed by atoms with Crippen LogP contribution >= 0.6 is 68.0 Å². The van der Waals surface area contributed by atoms with Crippen LogP contribution in [0.15, 0.2) is 399 Å². The molecule has 13 aromatic heterocycles. The number of pyridine rings is 2. The molecule has 0 amide bonds. The lowest BCUT2D eigenvalue weighted by molar-refractivity contribution is 0.669. The maximum atomic E-state index is 6.45. The van der Waals surface area contributed by atoms with Crippen LogP contribution in [-0.4, -0.2) is 33.6 Å². The number of rotatable bonds is 6. The molecule has 14 heteroatoms. The summed E-state index contributed by atoms with van der Waals surface area (Å²) in [6.07, 6.45) is 1.85. The van der Waals surface area contributed by atoms with Crippen LogP contribution in [0.25, 0.3) is 281 Å². The minimum atomic E-state index is 0.693. The molecule has 13 heterocycles. The summed E-state index contributed by atoms with van der Waals surface area (Å²) in [5.74, 6) is 1.62. The number of para-hydroxylation sites is 3. The maximum Gasteiger partial charge on any atom is 0.235 e. The van der Waals surface area contributed by atoms with Gasteiger partial charge in [0.05, 0.1) is 104 Å². The average Bonchev–Trinajstić information content (AvgIpc) is 1.54. The van der Waals surface area contributed by atoms with Crippen LogP contribution in [0.2, 0.25) is 0 Å². The predicted molar refractivity (Wildman–Crippen MR) is 569 cm³/mol. The third-order valence-electron chi connectivity index (χ3n) is 26.8. The molecule has 18 aromatic carbocycles. The zero-order valence-electron chi connectivity index (χ0n) is 70.0. The van der Waals surface area contributed by atoms with E-state index in [-0.39, 0.29) is 0 Å². The first-order valence-corrected chi connectivity index (χ1v) is 49.1. The van der Waals surface area contributed by atoms with Crippen molar-refractivity contribution in [1.29, 1.82) is 0 Å². The van der Waals surface area contributed by atoms with Gasteiger partial charge in [0.25, 0.3) is 0 Å². The molecule has 0 saturated carbocycles. The summed E-state index contributed by atoms with van der Waals surface area (Å²) in [6.45, 7) is 0. The van der Waals surface area contributed by atoms with Gasteiger partial charge in [-0.1, -0.05) is 303 Å². The average molecular weight is 1790 g/mol. The molecule has 0 aliphatic rings. The van der Waals surface area contributed by atoms with E-state index in [0.29, 0.717) is 5.95 Å². The molecule has 132 heavy (non-hydrogen) atoms. The summed E-state index contributed by atoms with van der Waals surface area (Å²) in [5.41, 5.74) is 18.7. The summed E-state index contributed by atoms with van der Waals surface area (Å²) in [7, 11) is 0. The van der Waals surface area contributed by atoms with Crippen molar-refractivity contribution in [2.75, 3.05) is 0 Å². The molecule has 0 saturated heterocycles. The standard InChI is InChI=1S/C50H27NOS2.C36H21N3S2.C32H17N3S2/c1-2-13-30-27-42-39(25-29(30)12-1)38-26-31(21-23-41(38)52-42)44-33-15-5-7-17-35(33)46(36-18-8-6-16-34(36)44)51-40-20-10-9-19-37(40)48-47(51)50-49(54-48)45-32-14-4-3-11-28(32)22-24-43(45)53-50;1-3-12-23(13-4-1)27-21-28(24-14-5-2-6-15-24)38-36(37-27)39-29-18-10-9-17-26(29)33-32(39)35-34(41-33)31-25-16-8-7-11-22(25)19-20-30(31)40-35;1-2-8-21-18(6-1)13-15-24-26(21)31-32(36-24)29-30(37-31)22-9-3-4-10-23(22)35(29)25-16-14-20-12-11-19-7-5-17-33-27(19)28(20)34-25/h1-27H;1-21H;1-17H. The number of nitrogens with zero attached hydrogens (tertiary/aromatic N) is 7. The molecule has 0 spiro atoms. The highest BCUT2D eigenvalue weighted by Gasteiger charge is 2.30. The van der Waals surface area contributed by atoms with Crippen molar-refractivity contribution in [2.45, 2.75) is 0 Å². The number of hydrogen-bond donors (Lipinski definition) is 0. The van der Waals surface area contributed by atoms with Crippen LogP contribution in [0, 0.1) is 0 Å². The molecule has 0 aliphatic carbocycles. The van der Waals surface area contributed by atoms with Gasteiger partial charge in [-0.2, -0.15) is 0 Å². The van der Waals surface area contributed by atoms with Gasteiger partial charge < -0.3 is 8.98 Å². The lowest BCUT2D eigenvalue weighted by Crippen LogP contribution is -2.03. The van der Waals surface area contributed by atoms with Crippen LogP contribution in [-0.2, 0) is 0 Å². The number of furan rings is 1. The Hall–Kier alpha value is -15.6. The quantitative estimate of drug-likeness (QED) is 0.122. The van der Waals surface area contributed by atoms with Crippen molar-refractivity contribution < 1.29 is 4.42 Å². The second-order valence-electron chi connectivity index (χ2n) is 34.0. The van der Waals surface area contributed by atoms with E-state index >= 15 is 0 Å². The third-order valence-corrected chi connectivity index (χ3v) is 34.4. The Kier molecular flexibility index (Phi) is 16.3. The van der Waals surface area contributed by atoms with Gasteiger partial charge in [-0.05, 0) is 150 Å². The summed E-state index contributed by atoms with van der Waals surface area (Å²) < 4.78 is 29.7. The van der Waals surface area contributed by atoms with E-state index in [1.165, 1.54) is 198 Å². The number of thiophene rings is 6. The topological polar surface area (TPSA) is 79.5 Å².